The Bertz CT molecular complexity index is 575. The van der Waals surface area contributed by atoms with Crippen LogP contribution in [0.25, 0.3) is 0 Å². The Morgan fingerprint density at radius 1 is 0.708 bits per heavy atom. The predicted molar refractivity (Wildman–Crippen MR) is 95.1 cm³/mol. The molecule has 1 aromatic rings. The van der Waals surface area contributed by atoms with Gasteiger partial charge in [0, 0.05) is 11.1 Å². The van der Waals surface area contributed by atoms with E-state index in [4.69, 9.17) is 11.5 Å². The van der Waals surface area contributed by atoms with Crippen molar-refractivity contribution in [2.75, 3.05) is 0 Å². The highest BCUT2D eigenvalue weighted by Gasteiger charge is 2.38. The minimum atomic E-state index is -0.773. The zero-order chi connectivity index (χ0) is 17.2. The van der Waals surface area contributed by atoms with E-state index in [1.165, 1.54) is 0 Å². The van der Waals surface area contributed by atoms with Gasteiger partial charge in [0.05, 0.1) is 11.1 Å². The maximum atomic E-state index is 12.9. The minimum absolute atomic E-state index is 0.0356. The summed E-state index contributed by atoms with van der Waals surface area (Å²) < 4.78 is 0. The molecule has 0 unspecified atom stereocenters. The molecule has 0 aliphatic heterocycles. The van der Waals surface area contributed by atoms with Crippen molar-refractivity contribution in [3.63, 3.8) is 0 Å². The molecular weight excluding hydrogens is 300 g/mol. The third-order valence-electron chi connectivity index (χ3n) is 5.78. The van der Waals surface area contributed by atoms with E-state index >= 15 is 0 Å². The summed E-state index contributed by atoms with van der Waals surface area (Å²) >= 11 is 0. The van der Waals surface area contributed by atoms with Gasteiger partial charge in [-0.25, -0.2) is 0 Å². The molecule has 4 heteroatoms. The first-order chi connectivity index (χ1) is 11.4. The van der Waals surface area contributed by atoms with Crippen LogP contribution in [0, 0.1) is 0 Å². The fraction of sp³-hybridized carbons (Fsp3) is 0.600. The quantitative estimate of drug-likeness (QED) is 0.830. The first-order valence-electron chi connectivity index (χ1n) is 9.22. The molecule has 0 aromatic heterocycles. The van der Waals surface area contributed by atoms with E-state index in [2.05, 4.69) is 0 Å². The van der Waals surface area contributed by atoms with Gasteiger partial charge in [0.1, 0.15) is 0 Å². The number of carbonyl (C=O) groups is 2. The Hall–Kier alpha value is -1.52. The van der Waals surface area contributed by atoms with Gasteiger partial charge < -0.3 is 11.5 Å². The van der Waals surface area contributed by atoms with E-state index < -0.39 is 11.1 Å². The summed E-state index contributed by atoms with van der Waals surface area (Å²) in [6.07, 6.45) is 9.16. The van der Waals surface area contributed by atoms with Crippen molar-refractivity contribution in [3.05, 3.63) is 35.4 Å². The third kappa shape index (κ3) is 3.31. The molecular formula is C20H28N2O2. The number of nitrogens with two attached hydrogens (primary N) is 2. The lowest BCUT2D eigenvalue weighted by Gasteiger charge is -2.33. The zero-order valence-electron chi connectivity index (χ0n) is 14.4. The van der Waals surface area contributed by atoms with E-state index in [1.54, 1.807) is 24.3 Å². The van der Waals surface area contributed by atoms with Gasteiger partial charge in [-0.1, -0.05) is 56.7 Å². The molecule has 0 spiro atoms. The van der Waals surface area contributed by atoms with Gasteiger partial charge in [-0.05, 0) is 31.7 Å². The van der Waals surface area contributed by atoms with Gasteiger partial charge in [0.15, 0.2) is 11.6 Å². The molecule has 2 saturated carbocycles. The summed E-state index contributed by atoms with van der Waals surface area (Å²) in [6, 6.07) is 7.02. The fourth-order valence-corrected chi connectivity index (χ4v) is 4.20. The molecule has 0 saturated heterocycles. The minimum Gasteiger partial charge on any atom is -0.319 e. The topological polar surface area (TPSA) is 86.2 Å². The lowest BCUT2D eigenvalue weighted by Crippen LogP contribution is -2.50. The number of Topliss-reactive ketones (excluding diaryl/α,β-unsaturated/α-hetero) is 2. The van der Waals surface area contributed by atoms with Crippen LogP contribution in [0.5, 0.6) is 0 Å². The number of carbonyl (C=O) groups excluding carboxylic acids is 2. The van der Waals surface area contributed by atoms with Crippen LogP contribution in [-0.4, -0.2) is 22.6 Å². The van der Waals surface area contributed by atoms with Gasteiger partial charge in [0.25, 0.3) is 0 Å². The number of ketones is 2. The van der Waals surface area contributed by atoms with Crippen molar-refractivity contribution in [1.29, 1.82) is 0 Å². The van der Waals surface area contributed by atoms with Crippen LogP contribution in [0.3, 0.4) is 0 Å². The molecule has 24 heavy (non-hydrogen) atoms. The van der Waals surface area contributed by atoms with E-state index in [1.807, 2.05) is 0 Å². The number of rotatable bonds is 4. The molecule has 0 amide bonds. The highest BCUT2D eigenvalue weighted by molar-refractivity contribution is 6.07. The molecule has 4 nitrogen and oxygen atoms in total. The second kappa shape index (κ2) is 6.77. The van der Waals surface area contributed by atoms with Crippen LogP contribution in [0.2, 0.25) is 0 Å². The largest absolute Gasteiger partial charge is 0.319 e. The third-order valence-corrected chi connectivity index (χ3v) is 5.78. The van der Waals surface area contributed by atoms with Crippen molar-refractivity contribution in [1.82, 2.24) is 0 Å². The van der Waals surface area contributed by atoms with E-state index in [9.17, 15) is 9.59 Å². The molecule has 2 aliphatic rings. The van der Waals surface area contributed by atoms with Crippen LogP contribution >= 0.6 is 0 Å². The van der Waals surface area contributed by atoms with Gasteiger partial charge in [-0.15, -0.1) is 0 Å². The Labute approximate surface area is 144 Å². The lowest BCUT2D eigenvalue weighted by atomic mass is 9.75. The van der Waals surface area contributed by atoms with Gasteiger partial charge >= 0.3 is 0 Å². The molecule has 130 valence electrons. The second-order valence-electron chi connectivity index (χ2n) is 7.67. The fourth-order valence-electron chi connectivity index (χ4n) is 4.20. The molecule has 3 rings (SSSR count). The van der Waals surface area contributed by atoms with Crippen LogP contribution < -0.4 is 11.5 Å². The number of benzene rings is 1. The molecule has 0 bridgehead atoms. The normalized spacial score (nSPS) is 22.8. The summed E-state index contributed by atoms with van der Waals surface area (Å²) in [5, 5.41) is 0. The Morgan fingerprint density at radius 2 is 1.08 bits per heavy atom. The molecule has 2 aliphatic carbocycles. The maximum Gasteiger partial charge on any atom is 0.182 e. The maximum absolute atomic E-state index is 12.9. The molecule has 0 radical (unpaired) electrons. The van der Waals surface area contributed by atoms with E-state index in [0.717, 1.165) is 64.2 Å². The molecule has 1 aromatic carbocycles. The number of hydrogen-bond donors (Lipinski definition) is 2. The van der Waals surface area contributed by atoms with Crippen molar-refractivity contribution in [2.24, 2.45) is 11.5 Å². The molecule has 2 fully saturated rings. The molecule has 0 heterocycles. The van der Waals surface area contributed by atoms with E-state index in [0.29, 0.717) is 11.1 Å². The smallest absolute Gasteiger partial charge is 0.182 e. The van der Waals surface area contributed by atoms with Crippen LogP contribution in [0.15, 0.2) is 24.3 Å². The standard InChI is InChI=1S/C20H28N2O2/c21-19(10-3-1-4-11-19)17(23)15-8-7-9-16(14-15)18(24)20(22)12-5-2-6-13-20/h7-9,14H,1-6,10-13,21-22H2. The summed E-state index contributed by atoms with van der Waals surface area (Å²) in [7, 11) is 0. The summed E-state index contributed by atoms with van der Waals surface area (Å²) in [5.74, 6) is -0.0712. The SMILES string of the molecule is NC1(C(=O)c2cccc(C(=O)C3(N)CCCCC3)c2)CCCCC1. The van der Waals surface area contributed by atoms with E-state index in [-0.39, 0.29) is 11.6 Å². The van der Waals surface area contributed by atoms with Crippen LogP contribution in [0.4, 0.5) is 0 Å². The zero-order valence-corrected chi connectivity index (χ0v) is 14.4. The summed E-state index contributed by atoms with van der Waals surface area (Å²) in [6.45, 7) is 0. The average Bonchev–Trinajstić information content (AvgIpc) is 2.62. The Kier molecular flexibility index (Phi) is 4.88. The first kappa shape index (κ1) is 17.3. The van der Waals surface area contributed by atoms with Gasteiger partial charge in [-0.3, -0.25) is 9.59 Å². The van der Waals surface area contributed by atoms with Crippen molar-refractivity contribution in [2.45, 2.75) is 75.3 Å². The Morgan fingerprint density at radius 3 is 1.46 bits per heavy atom. The first-order valence-corrected chi connectivity index (χ1v) is 9.22. The monoisotopic (exact) mass is 328 g/mol. The highest BCUT2D eigenvalue weighted by Crippen LogP contribution is 2.31. The second-order valence-corrected chi connectivity index (χ2v) is 7.67. The molecule has 0 atom stereocenters. The predicted octanol–water partition coefficient (Wildman–Crippen LogP) is 3.38. The summed E-state index contributed by atoms with van der Waals surface area (Å²) in [5.41, 5.74) is 12.3. The average molecular weight is 328 g/mol. The van der Waals surface area contributed by atoms with Crippen LogP contribution in [0.1, 0.15) is 84.9 Å². The van der Waals surface area contributed by atoms with Crippen molar-refractivity contribution < 1.29 is 9.59 Å². The summed E-state index contributed by atoms with van der Waals surface area (Å²) in [4.78, 5) is 25.8. The van der Waals surface area contributed by atoms with Gasteiger partial charge in [-0.2, -0.15) is 0 Å². The lowest BCUT2D eigenvalue weighted by molar-refractivity contribution is 0.0845. The molecule has 4 N–H and O–H groups in total. The number of hydrogen-bond acceptors (Lipinski definition) is 4. The van der Waals surface area contributed by atoms with Crippen LogP contribution in [-0.2, 0) is 0 Å². The van der Waals surface area contributed by atoms with Crippen molar-refractivity contribution >= 4 is 11.6 Å². The van der Waals surface area contributed by atoms with Gasteiger partial charge in [0.2, 0.25) is 0 Å². The Balaban J connectivity index is 1.83. The highest BCUT2D eigenvalue weighted by atomic mass is 16.1. The van der Waals surface area contributed by atoms with Crippen molar-refractivity contribution in [3.8, 4) is 0 Å².